The summed E-state index contributed by atoms with van der Waals surface area (Å²) in [5, 5.41) is 0. The Hall–Kier alpha value is -0.800. The molecule has 0 aromatic carbocycles. The molecule has 1 saturated heterocycles. The second-order valence-corrected chi connectivity index (χ2v) is 3.15. The van der Waals surface area contributed by atoms with Gasteiger partial charge in [-0.05, 0) is 6.07 Å². The van der Waals surface area contributed by atoms with Crippen molar-refractivity contribution in [3.8, 4) is 5.88 Å². The number of aromatic nitrogens is 1. The fraction of sp³-hybridized carbons (Fsp3) is 0.444. The van der Waals surface area contributed by atoms with Gasteiger partial charge in [0.15, 0.2) is 0 Å². The molecule has 1 aromatic rings. The molecule has 0 unspecified atom stereocenters. The smallest absolute Gasteiger partial charge is 0.213 e. The van der Waals surface area contributed by atoms with Gasteiger partial charge in [-0.2, -0.15) is 0 Å². The largest absolute Gasteiger partial charge is 0.469 e. The van der Waals surface area contributed by atoms with E-state index in [1.165, 1.54) is 0 Å². The number of rotatable bonds is 3. The number of hydrogen-bond acceptors (Lipinski definition) is 3. The highest BCUT2D eigenvalue weighted by Crippen LogP contribution is 2.14. The minimum absolute atomic E-state index is 0.165. The monoisotopic (exact) mass is 199 g/mol. The van der Waals surface area contributed by atoms with Gasteiger partial charge in [0.2, 0.25) is 5.88 Å². The highest BCUT2D eigenvalue weighted by atomic mass is 35.5. The van der Waals surface area contributed by atoms with Gasteiger partial charge in [0.05, 0.1) is 24.8 Å². The van der Waals surface area contributed by atoms with Crippen LogP contribution in [-0.4, -0.2) is 24.3 Å². The molecule has 70 valence electrons. The van der Waals surface area contributed by atoms with E-state index >= 15 is 0 Å². The molecule has 4 heteroatoms. The van der Waals surface area contributed by atoms with Crippen LogP contribution in [0.15, 0.2) is 18.2 Å². The molecule has 2 heterocycles. The molecule has 1 aliphatic heterocycles. The lowest BCUT2D eigenvalue weighted by molar-refractivity contribution is -0.0813. The number of nitrogens with zero attached hydrogens (tertiary/aromatic N) is 1. The molecular formula is C9H10ClNO2. The minimum atomic E-state index is 0.165. The topological polar surface area (TPSA) is 31.4 Å². The molecule has 0 bridgehead atoms. The van der Waals surface area contributed by atoms with Crippen molar-refractivity contribution in [1.29, 1.82) is 0 Å². The first-order valence-corrected chi connectivity index (χ1v) is 4.68. The quantitative estimate of drug-likeness (QED) is 0.693. The Morgan fingerprint density at radius 2 is 2.38 bits per heavy atom. The van der Waals surface area contributed by atoms with E-state index < -0.39 is 0 Å². The minimum Gasteiger partial charge on any atom is -0.469 e. The SMILES string of the molecule is ClCc1cccc(OC2COC2)n1. The van der Waals surface area contributed by atoms with Crippen LogP contribution >= 0.6 is 11.6 Å². The molecule has 2 rings (SSSR count). The maximum absolute atomic E-state index is 5.64. The summed E-state index contributed by atoms with van der Waals surface area (Å²) in [5.74, 6) is 1.05. The highest BCUT2D eigenvalue weighted by molar-refractivity contribution is 6.16. The van der Waals surface area contributed by atoms with Gasteiger partial charge >= 0.3 is 0 Å². The maximum Gasteiger partial charge on any atom is 0.213 e. The van der Waals surface area contributed by atoms with E-state index in [1.54, 1.807) is 0 Å². The fourth-order valence-electron chi connectivity index (χ4n) is 1.05. The lowest BCUT2D eigenvalue weighted by atomic mass is 10.3. The first kappa shape index (κ1) is 8.78. The predicted octanol–water partition coefficient (Wildman–Crippen LogP) is 1.60. The summed E-state index contributed by atoms with van der Waals surface area (Å²) in [6.45, 7) is 1.32. The van der Waals surface area contributed by atoms with Crippen LogP contribution < -0.4 is 4.74 Å². The van der Waals surface area contributed by atoms with Gasteiger partial charge in [-0.1, -0.05) is 6.07 Å². The third kappa shape index (κ3) is 2.11. The van der Waals surface area contributed by atoms with Crippen molar-refractivity contribution < 1.29 is 9.47 Å². The van der Waals surface area contributed by atoms with Crippen molar-refractivity contribution in [3.63, 3.8) is 0 Å². The summed E-state index contributed by atoms with van der Waals surface area (Å²) < 4.78 is 10.5. The molecule has 0 saturated carbocycles. The Morgan fingerprint density at radius 1 is 1.54 bits per heavy atom. The molecule has 3 nitrogen and oxygen atoms in total. The van der Waals surface area contributed by atoms with Crippen LogP contribution in [0.3, 0.4) is 0 Å². The average Bonchev–Trinajstić information content (AvgIpc) is 2.12. The zero-order valence-corrected chi connectivity index (χ0v) is 7.83. The third-order valence-corrected chi connectivity index (χ3v) is 2.09. The summed E-state index contributed by atoms with van der Waals surface area (Å²) in [6, 6.07) is 5.59. The molecule has 0 N–H and O–H groups in total. The van der Waals surface area contributed by atoms with Gasteiger partial charge in [0.25, 0.3) is 0 Å². The molecule has 0 radical (unpaired) electrons. The zero-order valence-electron chi connectivity index (χ0n) is 7.07. The average molecular weight is 200 g/mol. The number of pyridine rings is 1. The molecule has 0 spiro atoms. The van der Waals surface area contributed by atoms with Crippen molar-refractivity contribution in [3.05, 3.63) is 23.9 Å². The van der Waals surface area contributed by atoms with Crippen molar-refractivity contribution in [2.45, 2.75) is 12.0 Å². The first-order valence-electron chi connectivity index (χ1n) is 4.15. The summed E-state index contributed by atoms with van der Waals surface area (Å²) in [6.07, 6.45) is 0.165. The van der Waals surface area contributed by atoms with E-state index in [2.05, 4.69) is 4.98 Å². The Labute approximate surface area is 81.6 Å². The van der Waals surface area contributed by atoms with E-state index in [9.17, 15) is 0 Å². The molecule has 1 aromatic heterocycles. The van der Waals surface area contributed by atoms with E-state index in [1.807, 2.05) is 18.2 Å². The van der Waals surface area contributed by atoms with Crippen LogP contribution in [0.4, 0.5) is 0 Å². The van der Waals surface area contributed by atoms with Crippen LogP contribution in [0.5, 0.6) is 5.88 Å². The standard InChI is InChI=1S/C9H10ClNO2/c10-4-7-2-1-3-9(11-7)13-8-5-12-6-8/h1-3,8H,4-6H2. The second-order valence-electron chi connectivity index (χ2n) is 2.88. The molecule has 1 aliphatic rings. The van der Waals surface area contributed by atoms with Crippen LogP contribution in [0.1, 0.15) is 5.69 Å². The molecule has 0 atom stereocenters. The summed E-state index contributed by atoms with van der Waals surface area (Å²) in [7, 11) is 0. The van der Waals surface area contributed by atoms with Crippen LogP contribution in [0, 0.1) is 0 Å². The van der Waals surface area contributed by atoms with Gasteiger partial charge in [-0.3, -0.25) is 0 Å². The second kappa shape index (κ2) is 3.94. The maximum atomic E-state index is 5.64. The number of alkyl halides is 1. The molecular weight excluding hydrogens is 190 g/mol. The lowest BCUT2D eigenvalue weighted by Gasteiger charge is -2.26. The van der Waals surface area contributed by atoms with Gasteiger partial charge < -0.3 is 9.47 Å². The third-order valence-electron chi connectivity index (χ3n) is 1.81. The number of halogens is 1. The number of ether oxygens (including phenoxy) is 2. The Kier molecular flexibility index (Phi) is 2.66. The van der Waals surface area contributed by atoms with Crippen molar-refractivity contribution in [2.24, 2.45) is 0 Å². The van der Waals surface area contributed by atoms with Gasteiger partial charge in [0.1, 0.15) is 6.10 Å². The molecule has 0 aliphatic carbocycles. The fourth-order valence-corrected chi connectivity index (χ4v) is 1.20. The lowest BCUT2D eigenvalue weighted by Crippen LogP contribution is -2.38. The van der Waals surface area contributed by atoms with Gasteiger partial charge in [-0.15, -0.1) is 11.6 Å². The highest BCUT2D eigenvalue weighted by Gasteiger charge is 2.20. The molecule has 1 fully saturated rings. The van der Waals surface area contributed by atoms with E-state index in [0.717, 1.165) is 5.69 Å². The van der Waals surface area contributed by atoms with E-state index in [-0.39, 0.29) is 6.10 Å². The van der Waals surface area contributed by atoms with Crippen LogP contribution in [-0.2, 0) is 10.6 Å². The predicted molar refractivity (Wildman–Crippen MR) is 49.0 cm³/mol. The van der Waals surface area contributed by atoms with E-state index in [4.69, 9.17) is 21.1 Å². The Balaban J connectivity index is 2.01. The van der Waals surface area contributed by atoms with Crippen molar-refractivity contribution >= 4 is 11.6 Å². The summed E-state index contributed by atoms with van der Waals surface area (Å²) in [5.41, 5.74) is 0.833. The van der Waals surface area contributed by atoms with E-state index in [0.29, 0.717) is 25.0 Å². The molecule has 13 heavy (non-hydrogen) atoms. The first-order chi connectivity index (χ1) is 6.38. The Morgan fingerprint density at radius 3 is 3.00 bits per heavy atom. The zero-order chi connectivity index (χ0) is 9.10. The van der Waals surface area contributed by atoms with Crippen LogP contribution in [0.25, 0.3) is 0 Å². The summed E-state index contributed by atoms with van der Waals surface area (Å²) >= 11 is 5.64. The normalized spacial score (nSPS) is 16.7. The molecule has 0 amide bonds. The van der Waals surface area contributed by atoms with Crippen molar-refractivity contribution in [1.82, 2.24) is 4.98 Å². The van der Waals surface area contributed by atoms with Gasteiger partial charge in [0, 0.05) is 6.07 Å². The van der Waals surface area contributed by atoms with Gasteiger partial charge in [-0.25, -0.2) is 4.98 Å². The van der Waals surface area contributed by atoms with Crippen LogP contribution in [0.2, 0.25) is 0 Å². The summed E-state index contributed by atoms with van der Waals surface area (Å²) in [4.78, 5) is 4.20. The Bertz CT molecular complexity index is 289. The van der Waals surface area contributed by atoms with Crippen molar-refractivity contribution in [2.75, 3.05) is 13.2 Å². The number of hydrogen-bond donors (Lipinski definition) is 0.